The third-order valence-corrected chi connectivity index (χ3v) is 7.94. The quantitative estimate of drug-likeness (QED) is 0.616. The Hall–Kier alpha value is -2.01. The number of fused-ring (bicyclic) bond motifs is 3. The number of H-pyrrole nitrogens is 1. The molecule has 1 atom stereocenters. The van der Waals surface area contributed by atoms with Crippen LogP contribution in [0.2, 0.25) is 10.0 Å². The van der Waals surface area contributed by atoms with Crippen molar-refractivity contribution in [2.24, 2.45) is 5.92 Å². The van der Waals surface area contributed by atoms with Gasteiger partial charge in [0, 0.05) is 45.5 Å². The van der Waals surface area contributed by atoms with E-state index < -0.39 is 16.1 Å². The van der Waals surface area contributed by atoms with E-state index in [1.165, 1.54) is 18.3 Å². The fourth-order valence-electron chi connectivity index (χ4n) is 4.29. The first-order valence-electron chi connectivity index (χ1n) is 9.90. The summed E-state index contributed by atoms with van der Waals surface area (Å²) >= 11 is 12.8. The number of amides is 2. The van der Waals surface area contributed by atoms with Gasteiger partial charge in [0.2, 0.25) is 5.91 Å². The highest BCUT2D eigenvalue weighted by atomic mass is 35.5. The largest absolute Gasteiger partial charge is 0.354 e. The van der Waals surface area contributed by atoms with Crippen molar-refractivity contribution in [1.82, 2.24) is 19.5 Å². The summed E-state index contributed by atoms with van der Waals surface area (Å²) in [5.74, 6) is -0.382. The monoisotopic (exact) mass is 487 g/mol. The first-order valence-corrected chi connectivity index (χ1v) is 12.1. The number of nitrogens with zero attached hydrogens (tertiary/aromatic N) is 2. The van der Waals surface area contributed by atoms with E-state index in [9.17, 15) is 18.0 Å². The Kier molecular flexibility index (Phi) is 5.84. The van der Waals surface area contributed by atoms with Crippen molar-refractivity contribution >= 4 is 61.8 Å². The molecule has 168 valence electrons. The molecule has 1 saturated heterocycles. The molecule has 9 nitrogen and oxygen atoms in total. The number of carbonyl (C=O) groups excluding carboxylic acids is 2. The van der Waals surface area contributed by atoms with Gasteiger partial charge in [-0.25, -0.2) is 0 Å². The second kappa shape index (κ2) is 8.16. The van der Waals surface area contributed by atoms with Gasteiger partial charge in [0.25, 0.3) is 5.91 Å². The number of carbonyl (C=O) groups is 2. The van der Waals surface area contributed by atoms with Gasteiger partial charge in [-0.3, -0.25) is 14.3 Å². The molecule has 2 aliphatic rings. The smallest absolute Gasteiger partial charge is 0.302 e. The fraction of sp³-hybridized carbons (Fsp3) is 0.474. The zero-order valence-corrected chi connectivity index (χ0v) is 19.4. The van der Waals surface area contributed by atoms with Crippen molar-refractivity contribution in [2.45, 2.75) is 26.3 Å². The summed E-state index contributed by atoms with van der Waals surface area (Å²) < 4.78 is 30.0. The number of anilines is 1. The second-order valence-electron chi connectivity index (χ2n) is 7.91. The summed E-state index contributed by atoms with van der Waals surface area (Å²) in [5.41, 5.74) is 1.49. The number of rotatable bonds is 3. The van der Waals surface area contributed by atoms with E-state index in [1.807, 2.05) is 0 Å². The van der Waals surface area contributed by atoms with E-state index in [-0.39, 0.29) is 29.1 Å². The molecule has 0 aliphatic carbocycles. The fourth-order valence-corrected chi connectivity index (χ4v) is 6.32. The van der Waals surface area contributed by atoms with Gasteiger partial charge in [0.15, 0.2) is 0 Å². The van der Waals surface area contributed by atoms with Crippen LogP contribution in [0.4, 0.5) is 5.69 Å². The lowest BCUT2D eigenvalue weighted by atomic mass is 9.97. The van der Waals surface area contributed by atoms with Gasteiger partial charge in [-0.2, -0.15) is 12.7 Å². The Morgan fingerprint density at radius 3 is 2.74 bits per heavy atom. The van der Waals surface area contributed by atoms with Crippen molar-refractivity contribution in [3.05, 3.63) is 27.4 Å². The van der Waals surface area contributed by atoms with Crippen molar-refractivity contribution in [3.8, 4) is 0 Å². The van der Waals surface area contributed by atoms with Crippen LogP contribution in [0, 0.1) is 5.92 Å². The van der Waals surface area contributed by atoms with Gasteiger partial charge in [-0.15, -0.1) is 0 Å². The van der Waals surface area contributed by atoms with Crippen LogP contribution in [0.5, 0.6) is 0 Å². The van der Waals surface area contributed by atoms with Crippen molar-refractivity contribution in [2.75, 3.05) is 31.4 Å². The predicted molar refractivity (Wildman–Crippen MR) is 120 cm³/mol. The molecule has 31 heavy (non-hydrogen) atoms. The highest BCUT2D eigenvalue weighted by Gasteiger charge is 2.35. The lowest BCUT2D eigenvalue weighted by Gasteiger charge is -2.36. The van der Waals surface area contributed by atoms with E-state index >= 15 is 0 Å². The molecular weight excluding hydrogens is 465 g/mol. The number of hydrogen-bond donors (Lipinski definition) is 3. The van der Waals surface area contributed by atoms with Gasteiger partial charge in [0.1, 0.15) is 5.69 Å². The minimum atomic E-state index is -3.83. The minimum absolute atomic E-state index is 0.000565. The van der Waals surface area contributed by atoms with Crippen LogP contribution in [-0.2, 0) is 21.5 Å². The van der Waals surface area contributed by atoms with E-state index in [0.29, 0.717) is 46.8 Å². The van der Waals surface area contributed by atoms with Crippen LogP contribution in [0.3, 0.4) is 0 Å². The topological polar surface area (TPSA) is 115 Å². The maximum atomic E-state index is 13.0. The molecule has 4 rings (SSSR count). The van der Waals surface area contributed by atoms with Crippen LogP contribution >= 0.6 is 23.2 Å². The predicted octanol–water partition coefficient (Wildman–Crippen LogP) is 2.57. The number of piperidine rings is 1. The van der Waals surface area contributed by atoms with Crippen LogP contribution in [0.1, 0.15) is 35.8 Å². The summed E-state index contributed by atoms with van der Waals surface area (Å²) in [5, 5.41) is 3.34. The number of halogens is 2. The Morgan fingerprint density at radius 2 is 2.06 bits per heavy atom. The third-order valence-electron chi connectivity index (χ3n) is 5.85. The molecule has 12 heteroatoms. The molecule has 0 saturated carbocycles. The Morgan fingerprint density at radius 1 is 1.32 bits per heavy atom. The van der Waals surface area contributed by atoms with Gasteiger partial charge < -0.3 is 15.2 Å². The van der Waals surface area contributed by atoms with Crippen molar-refractivity contribution in [1.29, 1.82) is 0 Å². The maximum Gasteiger partial charge on any atom is 0.302 e. The van der Waals surface area contributed by atoms with Crippen molar-refractivity contribution in [3.63, 3.8) is 0 Å². The van der Waals surface area contributed by atoms with Crippen LogP contribution in [0.25, 0.3) is 10.9 Å². The molecule has 2 amide bonds. The highest BCUT2D eigenvalue weighted by Crippen LogP contribution is 2.42. The second-order valence-corrected chi connectivity index (χ2v) is 10.4. The Bertz CT molecular complexity index is 1180. The number of hydrogen-bond acceptors (Lipinski definition) is 4. The van der Waals surface area contributed by atoms with Gasteiger partial charge >= 0.3 is 10.2 Å². The summed E-state index contributed by atoms with van der Waals surface area (Å²) in [4.78, 5) is 28.5. The van der Waals surface area contributed by atoms with Gasteiger partial charge in [-0.1, -0.05) is 23.2 Å². The molecule has 1 aromatic carbocycles. The SMILES string of the molecule is CNC(=O)c1[nH]c2c3c(cc(Cl)c2c1Cl)CN(CC1CCCN(C(C)=O)C1)S(=O)(=O)N3. The molecular formula is C19H23Cl2N5O4S. The summed E-state index contributed by atoms with van der Waals surface area (Å²) in [6, 6.07) is 1.67. The van der Waals surface area contributed by atoms with Crippen LogP contribution in [0.15, 0.2) is 6.07 Å². The Balaban J connectivity index is 1.68. The average Bonchev–Trinajstić information content (AvgIpc) is 3.07. The molecule has 0 radical (unpaired) electrons. The van der Waals surface area contributed by atoms with E-state index in [0.717, 1.165) is 12.8 Å². The summed E-state index contributed by atoms with van der Waals surface area (Å²) in [7, 11) is -2.36. The van der Waals surface area contributed by atoms with Crippen molar-refractivity contribution < 1.29 is 18.0 Å². The average molecular weight is 488 g/mol. The summed E-state index contributed by atoms with van der Waals surface area (Å²) in [6.45, 7) is 3.19. The lowest BCUT2D eigenvalue weighted by molar-refractivity contribution is -0.130. The van der Waals surface area contributed by atoms with E-state index in [4.69, 9.17) is 23.2 Å². The number of aromatic nitrogens is 1. The number of benzene rings is 1. The van der Waals surface area contributed by atoms with E-state index in [1.54, 1.807) is 11.0 Å². The lowest BCUT2D eigenvalue weighted by Crippen LogP contribution is -2.46. The van der Waals surface area contributed by atoms with Gasteiger partial charge in [-0.05, 0) is 30.4 Å². The molecule has 2 aromatic rings. The number of nitrogens with one attached hydrogen (secondary N) is 3. The van der Waals surface area contributed by atoms with Crippen LogP contribution in [-0.4, -0.2) is 61.1 Å². The number of likely N-dealkylation sites (tertiary alicyclic amines) is 1. The summed E-state index contributed by atoms with van der Waals surface area (Å²) in [6.07, 6.45) is 1.70. The maximum absolute atomic E-state index is 13.0. The molecule has 1 fully saturated rings. The zero-order chi connectivity index (χ0) is 22.5. The molecule has 1 aromatic heterocycles. The molecule has 3 N–H and O–H groups in total. The third kappa shape index (κ3) is 3.97. The van der Waals surface area contributed by atoms with E-state index in [2.05, 4.69) is 15.0 Å². The molecule has 1 unspecified atom stereocenters. The molecule has 0 bridgehead atoms. The van der Waals surface area contributed by atoms with Gasteiger partial charge in [0.05, 0.1) is 21.2 Å². The van der Waals surface area contributed by atoms with Crippen LogP contribution < -0.4 is 10.0 Å². The Labute approximate surface area is 190 Å². The highest BCUT2D eigenvalue weighted by molar-refractivity contribution is 7.90. The molecule has 3 heterocycles. The standard InChI is InChI=1S/C19H23Cl2N5O4S/c1-10(27)25-5-3-4-11(7-25)8-26-9-12-6-13(20)14-15(21)18(19(28)22-2)23-17(14)16(12)24-31(26,29)30/h6,11,23-24H,3-5,7-9H2,1-2H3,(H,22,28). The molecule has 0 spiro atoms. The number of aromatic amines is 1. The first kappa shape index (κ1) is 22.2. The zero-order valence-electron chi connectivity index (χ0n) is 17.1. The first-order chi connectivity index (χ1) is 14.6. The minimum Gasteiger partial charge on any atom is -0.354 e. The normalized spacial score (nSPS) is 20.9. The molecule has 2 aliphatic heterocycles.